The summed E-state index contributed by atoms with van der Waals surface area (Å²) in [6, 6.07) is 4.25. The van der Waals surface area contributed by atoms with Gasteiger partial charge in [-0.15, -0.1) is 11.3 Å². The maximum Gasteiger partial charge on any atom is 0.133 e. The zero-order chi connectivity index (χ0) is 10.3. The minimum Gasteiger partial charge on any atom is -0.366 e. The van der Waals surface area contributed by atoms with Crippen LogP contribution in [0.4, 0.5) is 0 Å². The molecular weight excluding hydrogens is 208 g/mol. The minimum atomic E-state index is 0.0648. The van der Waals surface area contributed by atoms with Gasteiger partial charge in [0.15, 0.2) is 0 Å². The second-order valence-electron chi connectivity index (χ2n) is 3.78. The van der Waals surface area contributed by atoms with Crippen LogP contribution < -0.4 is 0 Å². The number of nitrogens with one attached hydrogen (secondary N) is 1. The molecule has 0 bridgehead atoms. The minimum absolute atomic E-state index is 0.0648. The van der Waals surface area contributed by atoms with Crippen molar-refractivity contribution in [1.82, 2.24) is 10.2 Å². The van der Waals surface area contributed by atoms with Gasteiger partial charge in [0.05, 0.1) is 18.0 Å². The van der Waals surface area contributed by atoms with Crippen molar-refractivity contribution >= 4 is 11.3 Å². The highest BCUT2D eigenvalue weighted by Crippen LogP contribution is 2.35. The summed E-state index contributed by atoms with van der Waals surface area (Å²) in [5, 5.41) is 9.32. The maximum atomic E-state index is 5.80. The molecule has 0 saturated carbocycles. The lowest BCUT2D eigenvalue weighted by Crippen LogP contribution is -2.15. The molecule has 0 amide bonds. The van der Waals surface area contributed by atoms with Crippen LogP contribution in [0.2, 0.25) is 0 Å². The molecule has 0 saturated heterocycles. The van der Waals surface area contributed by atoms with Gasteiger partial charge in [0.1, 0.15) is 6.10 Å². The van der Waals surface area contributed by atoms with Crippen molar-refractivity contribution in [2.75, 3.05) is 6.61 Å². The quantitative estimate of drug-likeness (QED) is 0.801. The first-order valence-corrected chi connectivity index (χ1v) is 5.92. The predicted octanol–water partition coefficient (Wildman–Crippen LogP) is 2.44. The second-order valence-corrected chi connectivity index (χ2v) is 4.72. The summed E-state index contributed by atoms with van der Waals surface area (Å²) < 4.78 is 5.80. The van der Waals surface area contributed by atoms with Crippen molar-refractivity contribution in [2.24, 2.45) is 0 Å². The normalized spacial score (nSPS) is 20.2. The van der Waals surface area contributed by atoms with Crippen LogP contribution in [-0.4, -0.2) is 16.8 Å². The number of H-pyrrole nitrogens is 1. The van der Waals surface area contributed by atoms with Crippen LogP contribution >= 0.6 is 11.3 Å². The number of fused-ring (bicyclic) bond motifs is 1. The van der Waals surface area contributed by atoms with Crippen LogP contribution in [0, 0.1) is 6.92 Å². The fraction of sp³-hybridized carbons (Fsp3) is 0.364. The van der Waals surface area contributed by atoms with E-state index in [4.69, 9.17) is 4.74 Å². The van der Waals surface area contributed by atoms with Crippen molar-refractivity contribution in [3.05, 3.63) is 39.3 Å². The third kappa shape index (κ3) is 1.50. The van der Waals surface area contributed by atoms with E-state index in [9.17, 15) is 0 Å². The van der Waals surface area contributed by atoms with Crippen LogP contribution in [0.15, 0.2) is 17.5 Å². The lowest BCUT2D eigenvalue weighted by Gasteiger charge is -2.21. The average Bonchev–Trinajstić information content (AvgIpc) is 2.84. The number of aromatic nitrogens is 2. The van der Waals surface area contributed by atoms with Crippen LogP contribution in [0.5, 0.6) is 0 Å². The first kappa shape index (κ1) is 9.12. The van der Waals surface area contributed by atoms with Crippen LogP contribution in [-0.2, 0) is 11.2 Å². The first-order chi connectivity index (χ1) is 7.34. The highest BCUT2D eigenvalue weighted by Gasteiger charge is 2.24. The molecule has 4 heteroatoms. The van der Waals surface area contributed by atoms with Gasteiger partial charge in [0.25, 0.3) is 0 Å². The Balaban J connectivity index is 2.02. The van der Waals surface area contributed by atoms with Gasteiger partial charge >= 0.3 is 0 Å². The molecule has 0 radical (unpaired) electrons. The molecule has 0 aliphatic carbocycles. The monoisotopic (exact) mass is 220 g/mol. The summed E-state index contributed by atoms with van der Waals surface area (Å²) in [5.41, 5.74) is 3.50. The molecule has 1 aliphatic rings. The van der Waals surface area contributed by atoms with Gasteiger partial charge in [-0.3, -0.25) is 5.10 Å². The maximum absolute atomic E-state index is 5.80. The molecular formula is C11H12N2OS. The standard InChI is InChI=1S/C11H12N2OS/c1-7-6-9(13-12-7)10-11-8(2-4-14-10)3-5-15-11/h3,5-6,10H,2,4H2,1H3,(H,12,13). The summed E-state index contributed by atoms with van der Waals surface area (Å²) in [5.74, 6) is 0. The van der Waals surface area contributed by atoms with Gasteiger partial charge < -0.3 is 4.74 Å². The Bertz CT molecular complexity index is 474. The number of rotatable bonds is 1. The topological polar surface area (TPSA) is 37.9 Å². The van der Waals surface area contributed by atoms with Gasteiger partial charge in [-0.25, -0.2) is 0 Å². The van der Waals surface area contributed by atoms with E-state index in [1.165, 1.54) is 10.4 Å². The van der Waals surface area contributed by atoms with Gasteiger partial charge in [0.2, 0.25) is 0 Å². The SMILES string of the molecule is Cc1cc(C2OCCc3ccsc32)[nH]n1. The molecule has 3 nitrogen and oxygen atoms in total. The molecule has 0 aromatic carbocycles. The Morgan fingerprint density at radius 3 is 3.33 bits per heavy atom. The average molecular weight is 220 g/mol. The lowest BCUT2D eigenvalue weighted by atomic mass is 10.1. The van der Waals surface area contributed by atoms with Crippen molar-refractivity contribution < 1.29 is 4.74 Å². The van der Waals surface area contributed by atoms with E-state index in [1.807, 2.05) is 6.92 Å². The summed E-state index contributed by atoms with van der Waals surface area (Å²) in [7, 11) is 0. The summed E-state index contributed by atoms with van der Waals surface area (Å²) in [6.45, 7) is 2.78. The van der Waals surface area contributed by atoms with Gasteiger partial charge in [-0.1, -0.05) is 0 Å². The number of aromatic amines is 1. The highest BCUT2D eigenvalue weighted by molar-refractivity contribution is 7.10. The number of hydrogen-bond acceptors (Lipinski definition) is 3. The van der Waals surface area contributed by atoms with E-state index in [1.54, 1.807) is 11.3 Å². The molecule has 15 heavy (non-hydrogen) atoms. The molecule has 3 rings (SSSR count). The van der Waals surface area contributed by atoms with Crippen molar-refractivity contribution in [3.8, 4) is 0 Å². The summed E-state index contributed by atoms with van der Waals surface area (Å²) >= 11 is 1.76. The molecule has 2 aromatic rings. The van der Waals surface area contributed by atoms with E-state index in [0.717, 1.165) is 24.4 Å². The fourth-order valence-electron chi connectivity index (χ4n) is 1.95. The van der Waals surface area contributed by atoms with E-state index < -0.39 is 0 Å². The summed E-state index contributed by atoms with van der Waals surface area (Å²) in [6.07, 6.45) is 1.09. The van der Waals surface area contributed by atoms with E-state index in [0.29, 0.717) is 0 Å². The third-order valence-electron chi connectivity index (χ3n) is 2.68. The zero-order valence-electron chi connectivity index (χ0n) is 8.49. The first-order valence-electron chi connectivity index (χ1n) is 5.04. The smallest absolute Gasteiger partial charge is 0.133 e. The van der Waals surface area contributed by atoms with Crippen LogP contribution in [0.1, 0.15) is 27.9 Å². The van der Waals surface area contributed by atoms with Crippen LogP contribution in [0.3, 0.4) is 0 Å². The largest absolute Gasteiger partial charge is 0.366 e. The molecule has 1 atom stereocenters. The molecule has 1 N–H and O–H groups in total. The molecule has 3 heterocycles. The van der Waals surface area contributed by atoms with Crippen molar-refractivity contribution in [1.29, 1.82) is 0 Å². The third-order valence-corrected chi connectivity index (χ3v) is 3.69. The number of hydrogen-bond donors (Lipinski definition) is 1. The summed E-state index contributed by atoms with van der Waals surface area (Å²) in [4.78, 5) is 1.32. The lowest BCUT2D eigenvalue weighted by molar-refractivity contribution is 0.0700. The van der Waals surface area contributed by atoms with E-state index in [-0.39, 0.29) is 6.10 Å². The zero-order valence-corrected chi connectivity index (χ0v) is 9.30. The molecule has 0 fully saturated rings. The molecule has 78 valence electrons. The van der Waals surface area contributed by atoms with Crippen molar-refractivity contribution in [3.63, 3.8) is 0 Å². The van der Waals surface area contributed by atoms with Crippen LogP contribution in [0.25, 0.3) is 0 Å². The molecule has 2 aromatic heterocycles. The van der Waals surface area contributed by atoms with Gasteiger partial charge in [-0.2, -0.15) is 5.10 Å². The van der Waals surface area contributed by atoms with Gasteiger partial charge in [0, 0.05) is 4.88 Å². The molecule has 0 spiro atoms. The van der Waals surface area contributed by atoms with Crippen molar-refractivity contribution in [2.45, 2.75) is 19.4 Å². The fourth-order valence-corrected chi connectivity index (χ4v) is 2.97. The molecule has 1 unspecified atom stereocenters. The van der Waals surface area contributed by atoms with Gasteiger partial charge in [-0.05, 0) is 36.4 Å². The second kappa shape index (κ2) is 3.47. The Morgan fingerprint density at radius 1 is 1.60 bits per heavy atom. The Labute approximate surface area is 92.1 Å². The predicted molar refractivity (Wildman–Crippen MR) is 59.1 cm³/mol. The number of thiophene rings is 1. The van der Waals surface area contributed by atoms with E-state index in [2.05, 4.69) is 27.7 Å². The number of aryl methyl sites for hydroxylation is 1. The highest BCUT2D eigenvalue weighted by atomic mass is 32.1. The number of nitrogens with zero attached hydrogens (tertiary/aromatic N) is 1. The Kier molecular flexibility index (Phi) is 2.11. The molecule has 1 aliphatic heterocycles. The number of ether oxygens (including phenoxy) is 1. The Morgan fingerprint density at radius 2 is 2.53 bits per heavy atom. The van der Waals surface area contributed by atoms with E-state index >= 15 is 0 Å². The Hall–Kier alpha value is -1.13.